The van der Waals surface area contributed by atoms with Crippen LogP contribution in [0.25, 0.3) is 0 Å². The van der Waals surface area contributed by atoms with E-state index in [9.17, 15) is 4.79 Å². The van der Waals surface area contributed by atoms with Gasteiger partial charge in [0.05, 0.1) is 0 Å². The van der Waals surface area contributed by atoms with Crippen LogP contribution in [-0.4, -0.2) is 23.7 Å². The molecule has 3 nitrogen and oxygen atoms in total. The number of aliphatic carboxylic acids is 1. The summed E-state index contributed by atoms with van der Waals surface area (Å²) < 4.78 is 0. The van der Waals surface area contributed by atoms with Gasteiger partial charge >= 0.3 is 5.97 Å². The molecule has 0 aromatic carbocycles. The summed E-state index contributed by atoms with van der Waals surface area (Å²) in [5.74, 6) is 3.17. The van der Waals surface area contributed by atoms with Gasteiger partial charge in [-0.05, 0) is 68.7 Å². The predicted molar refractivity (Wildman–Crippen MR) is 65.7 cm³/mol. The van der Waals surface area contributed by atoms with Gasteiger partial charge in [0.2, 0.25) is 0 Å². The van der Waals surface area contributed by atoms with Crippen LogP contribution >= 0.6 is 0 Å². The van der Waals surface area contributed by atoms with E-state index in [0.29, 0.717) is 12.5 Å². The molecule has 0 aliphatic heterocycles. The molecule has 2 N–H and O–H groups in total. The average Bonchev–Trinajstić information content (AvgIpc) is 2.25. The van der Waals surface area contributed by atoms with E-state index in [1.165, 1.54) is 32.1 Å². The lowest BCUT2D eigenvalue weighted by Crippen LogP contribution is -2.54. The van der Waals surface area contributed by atoms with Gasteiger partial charge in [0.25, 0.3) is 0 Å². The second-order valence-electron chi connectivity index (χ2n) is 6.41. The van der Waals surface area contributed by atoms with Crippen LogP contribution in [0.15, 0.2) is 0 Å². The van der Waals surface area contributed by atoms with E-state index in [1.807, 2.05) is 0 Å². The fraction of sp³-hybridized carbons (Fsp3) is 0.929. The molecule has 0 spiro atoms. The van der Waals surface area contributed by atoms with E-state index < -0.39 is 5.97 Å². The van der Waals surface area contributed by atoms with Crippen molar-refractivity contribution < 1.29 is 9.90 Å². The molecule has 0 atom stereocenters. The van der Waals surface area contributed by atoms with Crippen molar-refractivity contribution in [2.45, 2.75) is 51.0 Å². The van der Waals surface area contributed by atoms with Crippen LogP contribution in [0.3, 0.4) is 0 Å². The first-order valence-electron chi connectivity index (χ1n) is 7.17. The van der Waals surface area contributed by atoms with Crippen molar-refractivity contribution >= 4 is 5.97 Å². The van der Waals surface area contributed by atoms with E-state index in [-0.39, 0.29) is 0 Å². The molecule has 4 saturated carbocycles. The summed E-state index contributed by atoms with van der Waals surface area (Å²) in [7, 11) is 0. The van der Waals surface area contributed by atoms with Gasteiger partial charge in [0.15, 0.2) is 0 Å². The molecule has 0 aromatic heterocycles. The molecule has 4 rings (SSSR count). The van der Waals surface area contributed by atoms with Crippen molar-refractivity contribution in [3.8, 4) is 0 Å². The van der Waals surface area contributed by atoms with Crippen molar-refractivity contribution in [3.05, 3.63) is 0 Å². The molecule has 4 fully saturated rings. The molecule has 0 radical (unpaired) electrons. The predicted octanol–water partition coefficient (Wildman–Crippen LogP) is 2.27. The van der Waals surface area contributed by atoms with Gasteiger partial charge in [-0.1, -0.05) is 0 Å². The Morgan fingerprint density at radius 2 is 1.65 bits per heavy atom. The minimum Gasteiger partial charge on any atom is -0.481 e. The van der Waals surface area contributed by atoms with E-state index >= 15 is 0 Å². The Hall–Kier alpha value is -0.570. The van der Waals surface area contributed by atoms with Gasteiger partial charge in [0, 0.05) is 12.5 Å². The van der Waals surface area contributed by atoms with Gasteiger partial charge in [-0.25, -0.2) is 0 Å². The summed E-state index contributed by atoms with van der Waals surface area (Å²) in [6.45, 7) is 0.888. The largest absolute Gasteiger partial charge is 0.481 e. The van der Waals surface area contributed by atoms with E-state index in [4.69, 9.17) is 5.11 Å². The molecule has 0 aromatic rings. The van der Waals surface area contributed by atoms with Gasteiger partial charge in [-0.3, -0.25) is 4.79 Å². The minimum atomic E-state index is -0.670. The maximum atomic E-state index is 10.5. The number of rotatable bonds is 5. The van der Waals surface area contributed by atoms with Crippen LogP contribution in [-0.2, 0) is 4.79 Å². The fourth-order valence-electron chi connectivity index (χ4n) is 4.77. The van der Waals surface area contributed by atoms with Crippen LogP contribution in [0.4, 0.5) is 0 Å². The summed E-state index contributed by atoms with van der Waals surface area (Å²) in [5.41, 5.74) is 0. The third-order valence-corrected chi connectivity index (χ3v) is 5.17. The van der Waals surface area contributed by atoms with Crippen molar-refractivity contribution in [2.75, 3.05) is 6.54 Å². The Morgan fingerprint density at radius 3 is 2.18 bits per heavy atom. The zero-order valence-corrected chi connectivity index (χ0v) is 10.4. The summed E-state index contributed by atoms with van der Waals surface area (Å²) in [6.07, 6.45) is 8.32. The molecule has 4 aliphatic rings. The number of nitrogens with one attached hydrogen (secondary N) is 1. The lowest BCUT2D eigenvalue weighted by molar-refractivity contribution is -0.137. The monoisotopic (exact) mass is 237 g/mol. The van der Waals surface area contributed by atoms with Gasteiger partial charge in [-0.15, -0.1) is 0 Å². The number of hydrogen-bond donors (Lipinski definition) is 2. The smallest absolute Gasteiger partial charge is 0.303 e. The lowest BCUT2D eigenvalue weighted by atomic mass is 9.54. The molecule has 0 unspecified atom stereocenters. The Balaban J connectivity index is 1.49. The van der Waals surface area contributed by atoms with Gasteiger partial charge < -0.3 is 10.4 Å². The van der Waals surface area contributed by atoms with Crippen molar-refractivity contribution in [3.63, 3.8) is 0 Å². The Bertz CT molecular complexity index is 275. The quantitative estimate of drug-likeness (QED) is 0.721. The SMILES string of the molecule is O=C(O)CCCNC1C2CC3CC(C2)CC1C3. The molecule has 17 heavy (non-hydrogen) atoms. The average molecular weight is 237 g/mol. The van der Waals surface area contributed by atoms with Gasteiger partial charge in [-0.2, -0.15) is 0 Å². The number of carboxylic acid groups (broad SMARTS) is 1. The number of carbonyl (C=O) groups is 1. The number of carboxylic acids is 1. The minimum absolute atomic E-state index is 0.306. The normalized spacial score (nSPS) is 42.9. The first-order valence-corrected chi connectivity index (χ1v) is 7.17. The van der Waals surface area contributed by atoms with Crippen LogP contribution in [0.1, 0.15) is 44.9 Å². The molecule has 96 valence electrons. The van der Waals surface area contributed by atoms with Crippen molar-refractivity contribution in [1.82, 2.24) is 5.32 Å². The van der Waals surface area contributed by atoms with Crippen LogP contribution in [0.2, 0.25) is 0 Å². The van der Waals surface area contributed by atoms with Crippen LogP contribution in [0, 0.1) is 23.7 Å². The van der Waals surface area contributed by atoms with Crippen molar-refractivity contribution in [2.24, 2.45) is 23.7 Å². The molecule has 3 heteroatoms. The molecule has 4 aliphatic carbocycles. The Labute approximate surface area is 103 Å². The topological polar surface area (TPSA) is 49.3 Å². The second kappa shape index (κ2) is 4.60. The lowest BCUT2D eigenvalue weighted by Gasteiger charge is -2.54. The molecule has 0 amide bonds. The highest BCUT2D eigenvalue weighted by molar-refractivity contribution is 5.66. The number of hydrogen-bond acceptors (Lipinski definition) is 2. The maximum absolute atomic E-state index is 10.5. The third-order valence-electron chi connectivity index (χ3n) is 5.17. The molecule has 0 saturated heterocycles. The highest BCUT2D eigenvalue weighted by Crippen LogP contribution is 2.53. The summed E-state index contributed by atoms with van der Waals surface area (Å²) in [4.78, 5) is 10.5. The summed E-state index contributed by atoms with van der Waals surface area (Å²) >= 11 is 0. The molecular formula is C14H23NO2. The van der Waals surface area contributed by atoms with Crippen LogP contribution < -0.4 is 5.32 Å². The van der Waals surface area contributed by atoms with Crippen molar-refractivity contribution in [1.29, 1.82) is 0 Å². The summed E-state index contributed by atoms with van der Waals surface area (Å²) in [5, 5.41) is 12.3. The third kappa shape index (κ3) is 2.35. The first kappa shape index (κ1) is 11.5. The summed E-state index contributed by atoms with van der Waals surface area (Å²) in [6, 6.07) is 0.705. The van der Waals surface area contributed by atoms with E-state index in [1.54, 1.807) is 0 Å². The zero-order chi connectivity index (χ0) is 11.8. The first-order chi connectivity index (χ1) is 8.22. The fourth-order valence-corrected chi connectivity index (χ4v) is 4.77. The molecule has 0 heterocycles. The zero-order valence-electron chi connectivity index (χ0n) is 10.4. The highest BCUT2D eigenvalue weighted by Gasteiger charge is 2.47. The van der Waals surface area contributed by atoms with E-state index in [0.717, 1.165) is 36.6 Å². The maximum Gasteiger partial charge on any atom is 0.303 e. The Kier molecular flexibility index (Phi) is 3.12. The van der Waals surface area contributed by atoms with E-state index in [2.05, 4.69) is 5.32 Å². The second-order valence-corrected chi connectivity index (χ2v) is 6.41. The van der Waals surface area contributed by atoms with Crippen LogP contribution in [0.5, 0.6) is 0 Å². The standard InChI is InChI=1S/C14H23NO2/c16-13(17)2-1-3-15-14-11-5-9-4-10(7-11)8-12(14)6-9/h9-12,14-15H,1-8H2,(H,16,17). The molecular weight excluding hydrogens is 214 g/mol. The molecule has 4 bridgehead atoms. The van der Waals surface area contributed by atoms with Gasteiger partial charge in [0.1, 0.15) is 0 Å². The Morgan fingerprint density at radius 1 is 1.06 bits per heavy atom. The highest BCUT2D eigenvalue weighted by atomic mass is 16.4.